The lowest BCUT2D eigenvalue weighted by Crippen LogP contribution is -1.66. The van der Waals surface area contributed by atoms with Gasteiger partial charge in [-0.2, -0.15) is 0 Å². The molecule has 0 aromatic carbocycles. The summed E-state index contributed by atoms with van der Waals surface area (Å²) in [5, 5.41) is 6.68. The minimum absolute atomic E-state index is 0.625. The lowest BCUT2D eigenvalue weighted by atomic mass is 10.4. The number of aromatic nitrogens is 2. The summed E-state index contributed by atoms with van der Waals surface area (Å²) >= 11 is 0. The summed E-state index contributed by atoms with van der Waals surface area (Å²) in [5.41, 5.74) is 0. The average molecular weight is 109 g/mol. The van der Waals surface area contributed by atoms with Crippen molar-refractivity contribution in [3.8, 4) is 0 Å². The molecular formula is C5H5N2O. The molecule has 41 valence electrons. The fourth-order valence-electron chi connectivity index (χ4n) is 0.364. The molecule has 0 saturated carbocycles. The van der Waals surface area contributed by atoms with E-state index in [1.807, 2.05) is 0 Å². The lowest BCUT2D eigenvalue weighted by Gasteiger charge is -1.76. The molecule has 1 heterocycles. The Morgan fingerprint density at radius 3 is 3.12 bits per heavy atom. The molecular weight excluding hydrogens is 104 g/mol. The van der Waals surface area contributed by atoms with Crippen LogP contribution in [-0.2, 0) is 0 Å². The summed E-state index contributed by atoms with van der Waals surface area (Å²) in [6, 6.07) is 0. The standard InChI is InChI=1S/C5H5N2O/c1-2-3-5-4-6-7-8-5/h2-4H,1H2. The number of allylic oxidation sites excluding steroid dienone is 1. The van der Waals surface area contributed by atoms with Gasteiger partial charge in [-0.05, 0) is 0 Å². The molecule has 8 heavy (non-hydrogen) atoms. The van der Waals surface area contributed by atoms with Gasteiger partial charge in [0.1, 0.15) is 0 Å². The molecule has 0 atom stereocenters. The van der Waals surface area contributed by atoms with Crippen LogP contribution in [0.2, 0.25) is 0 Å². The second-order valence-electron chi connectivity index (χ2n) is 1.22. The van der Waals surface area contributed by atoms with Gasteiger partial charge in [0.2, 0.25) is 0 Å². The predicted octanol–water partition coefficient (Wildman–Crippen LogP) is 0.808. The molecule has 3 heteroatoms. The van der Waals surface area contributed by atoms with Crippen molar-refractivity contribution in [2.75, 3.05) is 0 Å². The van der Waals surface area contributed by atoms with Gasteiger partial charge < -0.3 is 4.52 Å². The molecule has 0 saturated heterocycles. The molecule has 1 rings (SSSR count). The van der Waals surface area contributed by atoms with Crippen LogP contribution in [0.1, 0.15) is 5.76 Å². The van der Waals surface area contributed by atoms with Crippen molar-refractivity contribution >= 4 is 0 Å². The molecule has 1 radical (unpaired) electrons. The van der Waals surface area contributed by atoms with Crippen LogP contribution in [0.3, 0.4) is 0 Å². The Morgan fingerprint density at radius 1 is 1.75 bits per heavy atom. The van der Waals surface area contributed by atoms with Crippen molar-refractivity contribution in [2.24, 2.45) is 0 Å². The van der Waals surface area contributed by atoms with Gasteiger partial charge in [-0.3, -0.25) is 0 Å². The van der Waals surface area contributed by atoms with Crippen molar-refractivity contribution in [1.82, 2.24) is 10.4 Å². The molecule has 0 aliphatic carbocycles. The lowest BCUT2D eigenvalue weighted by molar-refractivity contribution is 0.379. The van der Waals surface area contributed by atoms with Gasteiger partial charge in [-0.25, -0.2) is 0 Å². The monoisotopic (exact) mass is 109 g/mol. The third kappa shape index (κ3) is 0.932. The summed E-state index contributed by atoms with van der Waals surface area (Å²) in [6.07, 6.45) is 4.81. The second kappa shape index (κ2) is 2.26. The first-order valence-electron chi connectivity index (χ1n) is 2.16. The maximum absolute atomic E-state index is 4.59. The SMILES string of the molecule is C=C[CH]c1cnno1. The first-order chi connectivity index (χ1) is 3.93. The number of nitrogens with zero attached hydrogens (tertiary/aromatic N) is 2. The van der Waals surface area contributed by atoms with Crippen molar-refractivity contribution < 1.29 is 4.52 Å². The smallest absolute Gasteiger partial charge is 0.165 e. The van der Waals surface area contributed by atoms with Gasteiger partial charge >= 0.3 is 0 Å². The van der Waals surface area contributed by atoms with Crippen LogP contribution >= 0.6 is 0 Å². The molecule has 0 unspecified atom stereocenters. The van der Waals surface area contributed by atoms with Crippen LogP contribution in [0.5, 0.6) is 0 Å². The van der Waals surface area contributed by atoms with Gasteiger partial charge in [0.15, 0.2) is 5.76 Å². The van der Waals surface area contributed by atoms with Crippen molar-refractivity contribution in [1.29, 1.82) is 0 Å². The Balaban J connectivity index is 2.62. The van der Waals surface area contributed by atoms with Gasteiger partial charge in [-0.15, -0.1) is 11.7 Å². The van der Waals surface area contributed by atoms with Crippen molar-refractivity contribution in [3.05, 3.63) is 31.0 Å². The van der Waals surface area contributed by atoms with Gasteiger partial charge in [-0.1, -0.05) is 6.08 Å². The van der Waals surface area contributed by atoms with E-state index in [4.69, 9.17) is 0 Å². The number of hydrogen-bond donors (Lipinski definition) is 0. The Labute approximate surface area is 47.0 Å². The van der Waals surface area contributed by atoms with E-state index in [0.717, 1.165) is 0 Å². The molecule has 0 aliphatic rings. The Hall–Kier alpha value is -1.12. The first-order valence-corrected chi connectivity index (χ1v) is 2.16. The maximum atomic E-state index is 4.59. The van der Waals surface area contributed by atoms with E-state index in [1.54, 1.807) is 12.5 Å². The molecule has 0 amide bonds. The zero-order valence-electron chi connectivity index (χ0n) is 4.24. The molecule has 0 N–H and O–H groups in total. The van der Waals surface area contributed by atoms with E-state index >= 15 is 0 Å². The highest BCUT2D eigenvalue weighted by Gasteiger charge is 1.90. The van der Waals surface area contributed by atoms with Crippen LogP contribution in [-0.4, -0.2) is 10.4 Å². The minimum atomic E-state index is 0.625. The zero-order chi connectivity index (χ0) is 5.82. The van der Waals surface area contributed by atoms with E-state index < -0.39 is 0 Å². The number of hydrogen-bond acceptors (Lipinski definition) is 3. The first kappa shape index (κ1) is 5.03. The molecule has 1 aromatic rings. The third-order valence-electron chi connectivity index (χ3n) is 0.660. The molecule has 0 bridgehead atoms. The van der Waals surface area contributed by atoms with Gasteiger partial charge in [0.25, 0.3) is 0 Å². The van der Waals surface area contributed by atoms with Crippen molar-refractivity contribution in [2.45, 2.75) is 0 Å². The largest absolute Gasteiger partial charge is 0.341 e. The normalized spacial score (nSPS) is 9.00. The quantitative estimate of drug-likeness (QED) is 0.564. The summed E-state index contributed by atoms with van der Waals surface area (Å²) < 4.78 is 4.59. The number of rotatable bonds is 2. The zero-order valence-corrected chi connectivity index (χ0v) is 4.24. The average Bonchev–Trinajstić information content (AvgIpc) is 2.19. The maximum Gasteiger partial charge on any atom is 0.165 e. The van der Waals surface area contributed by atoms with E-state index in [1.165, 1.54) is 6.20 Å². The second-order valence-corrected chi connectivity index (χ2v) is 1.22. The van der Waals surface area contributed by atoms with E-state index in [9.17, 15) is 0 Å². The van der Waals surface area contributed by atoms with Crippen LogP contribution in [0.25, 0.3) is 0 Å². The molecule has 0 aliphatic heterocycles. The highest BCUT2D eigenvalue weighted by Crippen LogP contribution is 1.96. The summed E-state index contributed by atoms with van der Waals surface area (Å²) in [4.78, 5) is 0. The summed E-state index contributed by atoms with van der Waals surface area (Å²) in [6.45, 7) is 3.46. The minimum Gasteiger partial charge on any atom is -0.341 e. The van der Waals surface area contributed by atoms with Gasteiger partial charge in [0.05, 0.1) is 12.6 Å². The summed E-state index contributed by atoms with van der Waals surface area (Å²) in [5.74, 6) is 0.625. The Kier molecular flexibility index (Phi) is 1.42. The molecule has 0 spiro atoms. The highest BCUT2D eigenvalue weighted by molar-refractivity contribution is 5.10. The van der Waals surface area contributed by atoms with Crippen LogP contribution in [0.4, 0.5) is 0 Å². The molecule has 3 nitrogen and oxygen atoms in total. The fourth-order valence-corrected chi connectivity index (χ4v) is 0.364. The predicted molar refractivity (Wildman–Crippen MR) is 27.9 cm³/mol. The fraction of sp³-hybridized carbons (Fsp3) is 0. The van der Waals surface area contributed by atoms with Gasteiger partial charge in [0, 0.05) is 5.27 Å². The van der Waals surface area contributed by atoms with E-state index in [0.29, 0.717) is 5.76 Å². The summed E-state index contributed by atoms with van der Waals surface area (Å²) in [7, 11) is 0. The van der Waals surface area contributed by atoms with E-state index in [-0.39, 0.29) is 0 Å². The third-order valence-corrected chi connectivity index (χ3v) is 0.660. The molecule has 1 aromatic heterocycles. The van der Waals surface area contributed by atoms with Crippen LogP contribution in [0.15, 0.2) is 23.4 Å². The van der Waals surface area contributed by atoms with E-state index in [2.05, 4.69) is 21.5 Å². The Morgan fingerprint density at radius 2 is 2.62 bits per heavy atom. The van der Waals surface area contributed by atoms with Crippen molar-refractivity contribution in [3.63, 3.8) is 0 Å². The topological polar surface area (TPSA) is 38.9 Å². The van der Waals surface area contributed by atoms with Crippen LogP contribution in [0, 0.1) is 6.42 Å². The van der Waals surface area contributed by atoms with Crippen LogP contribution < -0.4 is 0 Å². The highest BCUT2D eigenvalue weighted by atomic mass is 16.5. The molecule has 0 fully saturated rings. The Bertz CT molecular complexity index is 157.